The summed E-state index contributed by atoms with van der Waals surface area (Å²) in [6, 6.07) is 11.8. The number of rotatable bonds is 2. The quantitative estimate of drug-likeness (QED) is 0.530. The molecule has 1 unspecified atom stereocenters. The van der Waals surface area contributed by atoms with Gasteiger partial charge in [-0.2, -0.15) is 18.3 Å². The number of carbonyl (C=O) groups is 3. The Morgan fingerprint density at radius 3 is 2.50 bits per heavy atom. The predicted molar refractivity (Wildman–Crippen MR) is 132 cm³/mol. The number of hydrogen-bond donors (Lipinski definition) is 2. The standard InChI is InChI=1S/C26H29F3N6O3/c1-17-14-21(26(27,28)29)35-22(32-17)15-20(33-35)25(38)34-13-5-11-30-23(36)9-8-19(10-12-31-24(37)16-34)18-6-3-2-4-7-18/h2-4,6-7,14-15,19H,5,8-13,16H2,1H3,(H,30,36)(H,31,37). The highest BCUT2D eigenvalue weighted by Crippen LogP contribution is 2.30. The summed E-state index contributed by atoms with van der Waals surface area (Å²) in [6.07, 6.45) is -2.78. The second kappa shape index (κ2) is 11.6. The summed E-state index contributed by atoms with van der Waals surface area (Å²) in [7, 11) is 0. The minimum absolute atomic E-state index is 0.0692. The molecule has 0 saturated carbocycles. The third-order valence-electron chi connectivity index (χ3n) is 6.42. The van der Waals surface area contributed by atoms with Gasteiger partial charge in [0.15, 0.2) is 11.3 Å². The van der Waals surface area contributed by atoms with Crippen molar-refractivity contribution in [3.63, 3.8) is 0 Å². The van der Waals surface area contributed by atoms with E-state index < -0.39 is 17.8 Å². The van der Waals surface area contributed by atoms with Gasteiger partial charge in [0.1, 0.15) is 5.69 Å². The summed E-state index contributed by atoms with van der Waals surface area (Å²) < 4.78 is 41.2. The fraction of sp³-hybridized carbons (Fsp3) is 0.423. The first kappa shape index (κ1) is 27.1. The lowest BCUT2D eigenvalue weighted by atomic mass is 9.91. The van der Waals surface area contributed by atoms with Crippen LogP contribution < -0.4 is 10.6 Å². The number of halogens is 3. The summed E-state index contributed by atoms with van der Waals surface area (Å²) in [5.74, 6) is -1.12. The molecule has 1 saturated heterocycles. The van der Waals surface area contributed by atoms with Crippen molar-refractivity contribution in [2.75, 3.05) is 26.2 Å². The van der Waals surface area contributed by atoms with E-state index in [9.17, 15) is 27.6 Å². The number of fused-ring (bicyclic) bond motifs is 1. The Balaban J connectivity index is 1.53. The lowest BCUT2D eigenvalue weighted by molar-refractivity contribution is -0.142. The maximum absolute atomic E-state index is 13.5. The number of aromatic nitrogens is 3. The van der Waals surface area contributed by atoms with Crippen LogP contribution in [0.5, 0.6) is 0 Å². The Hall–Kier alpha value is -3.96. The van der Waals surface area contributed by atoms with Crippen LogP contribution in [0, 0.1) is 6.92 Å². The lowest BCUT2D eigenvalue weighted by Gasteiger charge is -2.23. The van der Waals surface area contributed by atoms with Crippen LogP contribution in [-0.2, 0) is 15.8 Å². The molecule has 202 valence electrons. The molecular weight excluding hydrogens is 501 g/mol. The first-order valence-corrected chi connectivity index (χ1v) is 12.4. The summed E-state index contributed by atoms with van der Waals surface area (Å²) in [5, 5.41) is 9.54. The van der Waals surface area contributed by atoms with E-state index in [0.717, 1.165) is 11.6 Å². The van der Waals surface area contributed by atoms with Crippen LogP contribution in [-0.4, -0.2) is 63.4 Å². The molecule has 0 radical (unpaired) electrons. The largest absolute Gasteiger partial charge is 0.433 e. The molecule has 1 aromatic carbocycles. The van der Waals surface area contributed by atoms with Crippen molar-refractivity contribution in [2.24, 2.45) is 0 Å². The van der Waals surface area contributed by atoms with Crippen LogP contribution in [0.2, 0.25) is 0 Å². The van der Waals surface area contributed by atoms with Gasteiger partial charge >= 0.3 is 6.18 Å². The minimum atomic E-state index is -4.70. The summed E-state index contributed by atoms with van der Waals surface area (Å²) in [4.78, 5) is 43.7. The lowest BCUT2D eigenvalue weighted by Crippen LogP contribution is -2.42. The van der Waals surface area contributed by atoms with E-state index in [0.29, 0.717) is 36.7 Å². The molecule has 9 nitrogen and oxygen atoms in total. The third-order valence-corrected chi connectivity index (χ3v) is 6.42. The Morgan fingerprint density at radius 2 is 1.76 bits per heavy atom. The van der Waals surface area contributed by atoms with Gasteiger partial charge in [0.2, 0.25) is 11.8 Å². The molecule has 0 aliphatic carbocycles. The zero-order chi connectivity index (χ0) is 27.3. The average Bonchev–Trinajstić information content (AvgIpc) is 3.30. The van der Waals surface area contributed by atoms with Crippen molar-refractivity contribution < 1.29 is 27.6 Å². The molecular formula is C26H29F3N6O3. The van der Waals surface area contributed by atoms with Crippen LogP contribution >= 0.6 is 0 Å². The zero-order valence-corrected chi connectivity index (χ0v) is 20.9. The number of amides is 3. The maximum Gasteiger partial charge on any atom is 0.433 e. The number of hydrogen-bond acceptors (Lipinski definition) is 5. The highest BCUT2D eigenvalue weighted by Gasteiger charge is 2.35. The molecule has 4 rings (SSSR count). The van der Waals surface area contributed by atoms with Gasteiger partial charge in [0, 0.05) is 37.8 Å². The SMILES string of the molecule is Cc1cc(C(F)(F)F)n2nc(C(=O)N3CCCNC(=O)CCC(c4ccccc4)CCNC(=O)C3)cc2n1. The zero-order valence-electron chi connectivity index (χ0n) is 20.9. The molecule has 1 aliphatic heterocycles. The molecule has 3 aromatic rings. The highest BCUT2D eigenvalue weighted by atomic mass is 19.4. The predicted octanol–water partition coefficient (Wildman–Crippen LogP) is 3.09. The normalized spacial score (nSPS) is 18.5. The van der Waals surface area contributed by atoms with E-state index in [1.54, 1.807) is 0 Å². The van der Waals surface area contributed by atoms with E-state index >= 15 is 0 Å². The first-order valence-electron chi connectivity index (χ1n) is 12.4. The molecule has 3 amide bonds. The highest BCUT2D eigenvalue weighted by molar-refractivity contribution is 5.95. The number of carbonyl (C=O) groups excluding carboxylic acids is 3. The van der Waals surface area contributed by atoms with E-state index in [2.05, 4.69) is 20.7 Å². The molecule has 1 aliphatic rings. The van der Waals surface area contributed by atoms with Crippen molar-refractivity contribution >= 4 is 23.4 Å². The fourth-order valence-electron chi connectivity index (χ4n) is 4.53. The Morgan fingerprint density at radius 1 is 1.03 bits per heavy atom. The molecule has 1 atom stereocenters. The first-order chi connectivity index (χ1) is 18.1. The van der Waals surface area contributed by atoms with Crippen molar-refractivity contribution in [3.05, 3.63) is 65.1 Å². The second-order valence-electron chi connectivity index (χ2n) is 9.30. The Bertz CT molecular complexity index is 1310. The molecule has 3 heterocycles. The van der Waals surface area contributed by atoms with Gasteiger partial charge in [-0.05, 0) is 43.7 Å². The van der Waals surface area contributed by atoms with Crippen LogP contribution in [0.15, 0.2) is 42.5 Å². The van der Waals surface area contributed by atoms with Crippen LogP contribution in [0.4, 0.5) is 13.2 Å². The molecule has 2 aromatic heterocycles. The fourth-order valence-corrected chi connectivity index (χ4v) is 4.53. The van der Waals surface area contributed by atoms with Gasteiger partial charge in [-0.3, -0.25) is 14.4 Å². The van der Waals surface area contributed by atoms with Crippen LogP contribution in [0.1, 0.15) is 59.0 Å². The van der Waals surface area contributed by atoms with E-state index in [1.807, 2.05) is 30.3 Å². The molecule has 0 bridgehead atoms. The van der Waals surface area contributed by atoms with Gasteiger partial charge in [0.05, 0.1) is 6.54 Å². The molecule has 0 spiro atoms. The van der Waals surface area contributed by atoms with Gasteiger partial charge in [-0.25, -0.2) is 9.50 Å². The van der Waals surface area contributed by atoms with Gasteiger partial charge in [0.25, 0.3) is 5.91 Å². The van der Waals surface area contributed by atoms with Crippen LogP contribution in [0.25, 0.3) is 5.65 Å². The van der Waals surface area contributed by atoms with Crippen molar-refractivity contribution in [3.8, 4) is 0 Å². The minimum Gasteiger partial charge on any atom is -0.356 e. The van der Waals surface area contributed by atoms with Gasteiger partial charge in [-0.15, -0.1) is 0 Å². The molecule has 38 heavy (non-hydrogen) atoms. The molecule has 12 heteroatoms. The van der Waals surface area contributed by atoms with Gasteiger partial charge in [-0.1, -0.05) is 30.3 Å². The Labute approximate surface area is 217 Å². The summed E-state index contributed by atoms with van der Waals surface area (Å²) in [6.45, 7) is 1.85. The monoisotopic (exact) mass is 530 g/mol. The Kier molecular flexibility index (Phi) is 8.28. The van der Waals surface area contributed by atoms with E-state index in [-0.39, 0.29) is 54.4 Å². The third kappa shape index (κ3) is 6.67. The molecule has 1 fully saturated rings. The second-order valence-corrected chi connectivity index (χ2v) is 9.30. The van der Waals surface area contributed by atoms with Gasteiger partial charge < -0.3 is 15.5 Å². The smallest absolute Gasteiger partial charge is 0.356 e. The maximum atomic E-state index is 13.5. The molecule has 2 N–H and O–H groups in total. The summed E-state index contributed by atoms with van der Waals surface area (Å²) in [5.41, 5.74) is -0.214. The number of aryl methyl sites for hydroxylation is 1. The van der Waals surface area contributed by atoms with E-state index in [4.69, 9.17) is 0 Å². The number of benzene rings is 1. The average molecular weight is 531 g/mol. The number of nitrogens with one attached hydrogen (secondary N) is 2. The summed E-state index contributed by atoms with van der Waals surface area (Å²) >= 11 is 0. The van der Waals surface area contributed by atoms with Crippen molar-refractivity contribution in [1.82, 2.24) is 30.1 Å². The van der Waals surface area contributed by atoms with E-state index in [1.165, 1.54) is 17.9 Å². The number of alkyl halides is 3. The topological polar surface area (TPSA) is 109 Å². The van der Waals surface area contributed by atoms with Crippen LogP contribution in [0.3, 0.4) is 0 Å². The number of nitrogens with zero attached hydrogens (tertiary/aromatic N) is 4. The van der Waals surface area contributed by atoms with Crippen molar-refractivity contribution in [2.45, 2.75) is 44.7 Å². The van der Waals surface area contributed by atoms with Crippen molar-refractivity contribution in [1.29, 1.82) is 0 Å².